The van der Waals surface area contributed by atoms with E-state index in [4.69, 9.17) is 10.5 Å². The Hall–Kier alpha value is -2.44. The maximum Gasteiger partial charge on any atom is 0.323 e. The van der Waals surface area contributed by atoms with Crippen LogP contribution >= 0.6 is 0 Å². The van der Waals surface area contributed by atoms with Crippen LogP contribution in [0.3, 0.4) is 0 Å². The zero-order chi connectivity index (χ0) is 15.4. The monoisotopic (exact) mass is 291 g/mol. The number of hydrogen-bond acceptors (Lipinski definition) is 6. The maximum atomic E-state index is 13.9. The molecule has 21 heavy (non-hydrogen) atoms. The lowest BCUT2D eigenvalue weighted by atomic mass is 10.3. The minimum absolute atomic E-state index is 0.0328. The molecule has 7 heteroatoms. The Morgan fingerprint density at radius 1 is 1.24 bits per heavy atom. The largest absolute Gasteiger partial charge is 0.461 e. The molecule has 2 rings (SSSR count). The lowest BCUT2D eigenvalue weighted by Gasteiger charge is -2.21. The summed E-state index contributed by atoms with van der Waals surface area (Å²) < 4.78 is 19.4. The molecular formula is C14H18FN5O. The average Bonchev–Trinajstić information content (AvgIpc) is 2.40. The second-order valence-electron chi connectivity index (χ2n) is 4.64. The van der Waals surface area contributed by atoms with E-state index in [-0.39, 0.29) is 29.8 Å². The number of nitrogen functional groups attached to an aromatic ring is 1. The molecule has 0 saturated carbocycles. The average molecular weight is 291 g/mol. The zero-order valence-electron chi connectivity index (χ0n) is 12.2. The predicted octanol–water partition coefficient (Wildman–Crippen LogP) is 2.54. The Bertz CT molecular complexity index is 620. The Morgan fingerprint density at radius 2 is 1.95 bits per heavy atom. The second-order valence-corrected chi connectivity index (χ2v) is 4.64. The van der Waals surface area contributed by atoms with Gasteiger partial charge in [-0.1, -0.05) is 12.1 Å². The summed E-state index contributed by atoms with van der Waals surface area (Å²) >= 11 is 0. The van der Waals surface area contributed by atoms with Crippen molar-refractivity contribution in [3.63, 3.8) is 0 Å². The summed E-state index contributed by atoms with van der Waals surface area (Å²) in [5.74, 6) is -0.0687. The fourth-order valence-corrected chi connectivity index (χ4v) is 1.84. The summed E-state index contributed by atoms with van der Waals surface area (Å²) in [5, 5.41) is 0. The van der Waals surface area contributed by atoms with Crippen LogP contribution in [0.1, 0.15) is 20.8 Å². The number of halogens is 1. The summed E-state index contributed by atoms with van der Waals surface area (Å²) in [6.07, 6.45) is -0.0943. The molecule has 0 saturated heterocycles. The molecule has 0 fully saturated rings. The van der Waals surface area contributed by atoms with Gasteiger partial charge in [0, 0.05) is 6.54 Å². The highest BCUT2D eigenvalue weighted by Gasteiger charge is 2.17. The third kappa shape index (κ3) is 3.56. The van der Waals surface area contributed by atoms with Gasteiger partial charge in [0.05, 0.1) is 11.8 Å². The van der Waals surface area contributed by atoms with Crippen LogP contribution < -0.4 is 15.4 Å². The van der Waals surface area contributed by atoms with Crippen LogP contribution in [0.15, 0.2) is 24.3 Å². The lowest BCUT2D eigenvalue weighted by Crippen LogP contribution is -2.22. The van der Waals surface area contributed by atoms with Gasteiger partial charge in [0.15, 0.2) is 0 Å². The molecule has 0 aliphatic heterocycles. The number of hydrogen-bond donors (Lipinski definition) is 1. The van der Waals surface area contributed by atoms with Gasteiger partial charge in [-0.15, -0.1) is 0 Å². The summed E-state index contributed by atoms with van der Waals surface area (Å²) in [4.78, 5) is 13.8. The van der Waals surface area contributed by atoms with Crippen molar-refractivity contribution in [2.45, 2.75) is 26.9 Å². The molecule has 0 aliphatic carbocycles. The third-order valence-corrected chi connectivity index (χ3v) is 2.66. The number of para-hydroxylation sites is 1. The van der Waals surface area contributed by atoms with Crippen LogP contribution in [-0.2, 0) is 0 Å². The molecule has 0 aliphatic rings. The van der Waals surface area contributed by atoms with E-state index >= 15 is 0 Å². The quantitative estimate of drug-likeness (QED) is 0.912. The smallest absolute Gasteiger partial charge is 0.323 e. The molecule has 2 aromatic rings. The van der Waals surface area contributed by atoms with E-state index in [1.54, 1.807) is 23.1 Å². The minimum atomic E-state index is -0.357. The van der Waals surface area contributed by atoms with Crippen LogP contribution in [-0.4, -0.2) is 27.6 Å². The second kappa shape index (κ2) is 6.34. The summed E-state index contributed by atoms with van der Waals surface area (Å²) in [6.45, 7) is 6.06. The molecule has 6 nitrogen and oxygen atoms in total. The van der Waals surface area contributed by atoms with Crippen molar-refractivity contribution in [1.82, 2.24) is 15.0 Å². The van der Waals surface area contributed by atoms with Gasteiger partial charge in [0.1, 0.15) is 5.82 Å². The van der Waals surface area contributed by atoms with Gasteiger partial charge in [0.2, 0.25) is 11.9 Å². The molecule has 0 amide bonds. The van der Waals surface area contributed by atoms with Crippen LogP contribution in [0.25, 0.3) is 0 Å². The van der Waals surface area contributed by atoms with Gasteiger partial charge < -0.3 is 15.4 Å². The third-order valence-electron chi connectivity index (χ3n) is 2.66. The van der Waals surface area contributed by atoms with E-state index in [9.17, 15) is 4.39 Å². The molecule has 1 heterocycles. The fraction of sp³-hybridized carbons (Fsp3) is 0.357. The van der Waals surface area contributed by atoms with E-state index in [1.807, 2.05) is 20.8 Å². The SMILES string of the molecule is CCN(c1nc(N)nc(OC(C)C)n1)c1ccccc1F. The highest BCUT2D eigenvalue weighted by Crippen LogP contribution is 2.26. The fourth-order valence-electron chi connectivity index (χ4n) is 1.84. The zero-order valence-corrected chi connectivity index (χ0v) is 12.2. The normalized spacial score (nSPS) is 10.7. The number of benzene rings is 1. The van der Waals surface area contributed by atoms with E-state index in [0.717, 1.165) is 0 Å². The van der Waals surface area contributed by atoms with Crippen molar-refractivity contribution < 1.29 is 9.13 Å². The minimum Gasteiger partial charge on any atom is -0.461 e. The first-order valence-electron chi connectivity index (χ1n) is 6.71. The standard InChI is InChI=1S/C14H18FN5O/c1-4-20(11-8-6-5-7-10(11)15)13-17-12(16)18-14(19-13)21-9(2)3/h5-9H,4H2,1-3H3,(H2,16,17,18,19). The van der Waals surface area contributed by atoms with Crippen molar-refractivity contribution in [2.24, 2.45) is 0 Å². The lowest BCUT2D eigenvalue weighted by molar-refractivity contribution is 0.222. The molecule has 1 aromatic carbocycles. The molecule has 0 bridgehead atoms. The summed E-state index contributed by atoms with van der Waals surface area (Å²) in [5.41, 5.74) is 6.06. The highest BCUT2D eigenvalue weighted by molar-refractivity contribution is 5.58. The Balaban J connectivity index is 2.43. The van der Waals surface area contributed by atoms with E-state index in [2.05, 4.69) is 15.0 Å². The van der Waals surface area contributed by atoms with Gasteiger partial charge in [-0.05, 0) is 32.9 Å². The Morgan fingerprint density at radius 3 is 2.57 bits per heavy atom. The van der Waals surface area contributed by atoms with Gasteiger partial charge in [-0.2, -0.15) is 15.0 Å². The van der Waals surface area contributed by atoms with Crippen molar-refractivity contribution in [1.29, 1.82) is 0 Å². The van der Waals surface area contributed by atoms with Gasteiger partial charge in [-0.3, -0.25) is 0 Å². The first kappa shape index (κ1) is 15.0. The molecule has 0 spiro atoms. The molecular weight excluding hydrogens is 273 g/mol. The van der Waals surface area contributed by atoms with Crippen LogP contribution in [0, 0.1) is 5.82 Å². The van der Waals surface area contributed by atoms with Crippen molar-refractivity contribution in [2.75, 3.05) is 17.2 Å². The molecule has 0 radical (unpaired) electrons. The first-order valence-corrected chi connectivity index (χ1v) is 6.71. The van der Waals surface area contributed by atoms with Crippen molar-refractivity contribution in [3.8, 4) is 6.01 Å². The number of nitrogens with zero attached hydrogens (tertiary/aromatic N) is 4. The summed E-state index contributed by atoms with van der Waals surface area (Å²) in [6, 6.07) is 6.54. The maximum absolute atomic E-state index is 13.9. The van der Waals surface area contributed by atoms with Crippen molar-refractivity contribution in [3.05, 3.63) is 30.1 Å². The van der Waals surface area contributed by atoms with Gasteiger partial charge in [0.25, 0.3) is 0 Å². The predicted molar refractivity (Wildman–Crippen MR) is 79.1 cm³/mol. The van der Waals surface area contributed by atoms with E-state index in [0.29, 0.717) is 12.2 Å². The number of rotatable bonds is 5. The number of nitrogens with two attached hydrogens (primary N) is 1. The van der Waals surface area contributed by atoms with E-state index in [1.165, 1.54) is 6.07 Å². The summed E-state index contributed by atoms with van der Waals surface area (Å²) in [7, 11) is 0. The Kier molecular flexibility index (Phi) is 4.52. The number of aromatic nitrogens is 3. The van der Waals surface area contributed by atoms with Crippen LogP contribution in [0.2, 0.25) is 0 Å². The number of anilines is 3. The molecule has 0 unspecified atom stereocenters. The van der Waals surface area contributed by atoms with Gasteiger partial charge in [-0.25, -0.2) is 4.39 Å². The molecule has 112 valence electrons. The highest BCUT2D eigenvalue weighted by atomic mass is 19.1. The van der Waals surface area contributed by atoms with Crippen LogP contribution in [0.5, 0.6) is 6.01 Å². The Labute approximate surface area is 122 Å². The topological polar surface area (TPSA) is 77.2 Å². The molecule has 2 N–H and O–H groups in total. The number of ether oxygens (including phenoxy) is 1. The first-order chi connectivity index (χ1) is 10.0. The molecule has 0 atom stereocenters. The molecule has 1 aromatic heterocycles. The van der Waals surface area contributed by atoms with Crippen LogP contribution in [0.4, 0.5) is 22.0 Å². The van der Waals surface area contributed by atoms with Gasteiger partial charge >= 0.3 is 6.01 Å². The van der Waals surface area contributed by atoms with Crippen molar-refractivity contribution >= 4 is 17.6 Å². The van der Waals surface area contributed by atoms with E-state index < -0.39 is 0 Å².